The molecule has 18 heavy (non-hydrogen) atoms. The zero-order valence-corrected chi connectivity index (χ0v) is 13.2. The van der Waals surface area contributed by atoms with Crippen LogP contribution in [0.3, 0.4) is 0 Å². The average Bonchev–Trinajstić information content (AvgIpc) is 2.32. The Morgan fingerprint density at radius 3 is 2.56 bits per heavy atom. The van der Waals surface area contributed by atoms with Crippen LogP contribution in [0.4, 0.5) is 0 Å². The number of nitrogens with one attached hydrogen (secondary N) is 1. The van der Waals surface area contributed by atoms with Crippen LogP contribution in [-0.2, 0) is 14.8 Å². The highest BCUT2D eigenvalue weighted by Gasteiger charge is 2.14. The molecule has 0 radical (unpaired) electrons. The lowest BCUT2D eigenvalue weighted by Crippen LogP contribution is -2.27. The minimum atomic E-state index is -3.57. The maximum atomic E-state index is 11.9. The standard InChI is InChI=1S/C10H12BrCl2NO3S/c11-3-5-17-6-4-14-18(15,16)8-1-2-9(12)10(13)7-8/h1-2,7,14H,3-6H2. The SMILES string of the molecule is O=S(=O)(NCCOCCBr)c1ccc(Cl)c(Cl)c1. The summed E-state index contributed by atoms with van der Waals surface area (Å²) in [6, 6.07) is 4.15. The Balaban J connectivity index is 2.60. The van der Waals surface area contributed by atoms with Crippen molar-refractivity contribution in [2.45, 2.75) is 4.90 Å². The molecule has 0 unspecified atom stereocenters. The quantitative estimate of drug-likeness (QED) is 0.587. The largest absolute Gasteiger partial charge is 0.379 e. The van der Waals surface area contributed by atoms with Gasteiger partial charge in [-0.15, -0.1) is 0 Å². The molecule has 0 fully saturated rings. The third-order valence-electron chi connectivity index (χ3n) is 1.96. The number of rotatable bonds is 7. The highest BCUT2D eigenvalue weighted by molar-refractivity contribution is 9.09. The number of sulfonamides is 1. The summed E-state index contributed by atoms with van der Waals surface area (Å²) in [4.78, 5) is 0.0809. The van der Waals surface area contributed by atoms with Gasteiger partial charge in [-0.2, -0.15) is 0 Å². The minimum absolute atomic E-state index is 0.0809. The molecule has 1 aromatic rings. The Hall–Kier alpha value is 0.150. The van der Waals surface area contributed by atoms with Crippen LogP contribution < -0.4 is 4.72 Å². The summed E-state index contributed by atoms with van der Waals surface area (Å²) >= 11 is 14.7. The van der Waals surface area contributed by atoms with Crippen LogP contribution in [0, 0.1) is 0 Å². The number of alkyl halides is 1. The number of benzene rings is 1. The van der Waals surface area contributed by atoms with Crippen molar-refractivity contribution in [1.82, 2.24) is 4.72 Å². The first-order valence-electron chi connectivity index (χ1n) is 5.06. The summed E-state index contributed by atoms with van der Waals surface area (Å²) in [6.45, 7) is 1.05. The zero-order valence-electron chi connectivity index (χ0n) is 9.33. The molecular weight excluding hydrogens is 365 g/mol. The van der Waals surface area contributed by atoms with Crippen LogP contribution >= 0.6 is 39.1 Å². The van der Waals surface area contributed by atoms with Crippen LogP contribution in [0.25, 0.3) is 0 Å². The molecule has 0 amide bonds. The van der Waals surface area contributed by atoms with E-state index in [1.807, 2.05) is 0 Å². The molecule has 0 bridgehead atoms. The van der Waals surface area contributed by atoms with Crippen molar-refractivity contribution in [3.63, 3.8) is 0 Å². The van der Waals surface area contributed by atoms with E-state index in [4.69, 9.17) is 27.9 Å². The second-order valence-corrected chi connectivity index (χ2v) is 6.65. The third-order valence-corrected chi connectivity index (χ3v) is 4.48. The number of hydrogen-bond donors (Lipinski definition) is 1. The molecule has 4 nitrogen and oxygen atoms in total. The van der Waals surface area contributed by atoms with Crippen LogP contribution in [0.5, 0.6) is 0 Å². The summed E-state index contributed by atoms with van der Waals surface area (Å²) in [5.41, 5.74) is 0. The van der Waals surface area contributed by atoms with Gasteiger partial charge >= 0.3 is 0 Å². The highest BCUT2D eigenvalue weighted by atomic mass is 79.9. The fourth-order valence-electron chi connectivity index (χ4n) is 1.13. The van der Waals surface area contributed by atoms with Gasteiger partial charge in [0.1, 0.15) is 0 Å². The van der Waals surface area contributed by atoms with Crippen LogP contribution in [0.1, 0.15) is 0 Å². The molecule has 1 N–H and O–H groups in total. The van der Waals surface area contributed by atoms with E-state index in [1.54, 1.807) is 0 Å². The van der Waals surface area contributed by atoms with Crippen LogP contribution in [-0.4, -0.2) is 33.5 Å². The molecule has 0 aliphatic rings. The summed E-state index contributed by atoms with van der Waals surface area (Å²) in [5.74, 6) is 0. The topological polar surface area (TPSA) is 55.4 Å². The second-order valence-electron chi connectivity index (χ2n) is 3.28. The predicted octanol–water partition coefficient (Wildman–Crippen LogP) is 2.68. The molecule has 0 atom stereocenters. The fraction of sp³-hybridized carbons (Fsp3) is 0.400. The summed E-state index contributed by atoms with van der Waals surface area (Å²) < 4.78 is 31.2. The van der Waals surface area contributed by atoms with E-state index >= 15 is 0 Å². The van der Waals surface area contributed by atoms with Crippen molar-refractivity contribution in [3.8, 4) is 0 Å². The molecule has 0 aliphatic heterocycles. The molecule has 1 rings (SSSR count). The van der Waals surface area contributed by atoms with E-state index in [0.29, 0.717) is 23.6 Å². The van der Waals surface area contributed by atoms with Crippen molar-refractivity contribution in [2.24, 2.45) is 0 Å². The monoisotopic (exact) mass is 375 g/mol. The van der Waals surface area contributed by atoms with E-state index in [2.05, 4.69) is 20.7 Å². The lowest BCUT2D eigenvalue weighted by molar-refractivity contribution is 0.156. The minimum Gasteiger partial charge on any atom is -0.379 e. The summed E-state index contributed by atoms with van der Waals surface area (Å²) in [6.07, 6.45) is 0. The predicted molar refractivity (Wildman–Crippen MR) is 76.3 cm³/mol. The summed E-state index contributed by atoms with van der Waals surface area (Å²) in [5, 5.41) is 1.23. The first-order valence-corrected chi connectivity index (χ1v) is 8.42. The van der Waals surface area contributed by atoms with Gasteiger partial charge in [-0.05, 0) is 18.2 Å². The van der Waals surface area contributed by atoms with Gasteiger partial charge in [-0.25, -0.2) is 13.1 Å². The van der Waals surface area contributed by atoms with E-state index in [9.17, 15) is 8.42 Å². The Morgan fingerprint density at radius 2 is 1.94 bits per heavy atom. The number of hydrogen-bond acceptors (Lipinski definition) is 3. The Kier molecular flexibility index (Phi) is 6.90. The number of halogens is 3. The smallest absolute Gasteiger partial charge is 0.240 e. The lowest BCUT2D eigenvalue weighted by Gasteiger charge is -2.07. The molecular formula is C10H12BrCl2NO3S. The first kappa shape index (κ1) is 16.2. The van der Waals surface area contributed by atoms with E-state index in [1.165, 1.54) is 18.2 Å². The van der Waals surface area contributed by atoms with E-state index in [-0.39, 0.29) is 16.5 Å². The average molecular weight is 377 g/mol. The number of ether oxygens (including phenoxy) is 1. The maximum Gasteiger partial charge on any atom is 0.240 e. The van der Waals surface area contributed by atoms with Gasteiger partial charge in [0.15, 0.2) is 0 Å². The van der Waals surface area contributed by atoms with E-state index < -0.39 is 10.0 Å². The molecule has 0 spiro atoms. The van der Waals surface area contributed by atoms with Gasteiger partial charge in [-0.1, -0.05) is 39.1 Å². The molecule has 0 aromatic heterocycles. The molecule has 0 saturated carbocycles. The Bertz CT molecular complexity index is 496. The zero-order chi connectivity index (χ0) is 13.6. The molecule has 0 heterocycles. The van der Waals surface area contributed by atoms with Gasteiger partial charge in [0.05, 0.1) is 28.2 Å². The molecule has 0 aliphatic carbocycles. The van der Waals surface area contributed by atoms with Crippen molar-refractivity contribution in [1.29, 1.82) is 0 Å². The Morgan fingerprint density at radius 1 is 1.22 bits per heavy atom. The van der Waals surface area contributed by atoms with Crippen molar-refractivity contribution < 1.29 is 13.2 Å². The maximum absolute atomic E-state index is 11.9. The normalized spacial score (nSPS) is 11.7. The third kappa shape index (κ3) is 5.03. The fourth-order valence-corrected chi connectivity index (χ4v) is 2.76. The molecule has 102 valence electrons. The lowest BCUT2D eigenvalue weighted by atomic mass is 10.4. The molecule has 1 aromatic carbocycles. The summed E-state index contributed by atoms with van der Waals surface area (Å²) in [7, 11) is -3.57. The molecule has 0 saturated heterocycles. The van der Waals surface area contributed by atoms with Gasteiger partial charge < -0.3 is 4.74 Å². The first-order chi connectivity index (χ1) is 8.47. The van der Waals surface area contributed by atoms with E-state index in [0.717, 1.165) is 0 Å². The highest BCUT2D eigenvalue weighted by Crippen LogP contribution is 2.24. The van der Waals surface area contributed by atoms with Crippen molar-refractivity contribution >= 4 is 49.2 Å². The van der Waals surface area contributed by atoms with Gasteiger partial charge in [-0.3, -0.25) is 0 Å². The Labute approximate surface area is 125 Å². The van der Waals surface area contributed by atoms with Gasteiger partial charge in [0.25, 0.3) is 0 Å². The second kappa shape index (κ2) is 7.67. The van der Waals surface area contributed by atoms with Gasteiger partial charge in [0.2, 0.25) is 10.0 Å². The van der Waals surface area contributed by atoms with Crippen LogP contribution in [0.2, 0.25) is 10.0 Å². The molecule has 8 heteroatoms. The van der Waals surface area contributed by atoms with Crippen molar-refractivity contribution in [3.05, 3.63) is 28.2 Å². The van der Waals surface area contributed by atoms with Gasteiger partial charge in [0, 0.05) is 11.9 Å². The van der Waals surface area contributed by atoms with Crippen LogP contribution in [0.15, 0.2) is 23.1 Å². The van der Waals surface area contributed by atoms with Crippen molar-refractivity contribution in [2.75, 3.05) is 25.1 Å².